The van der Waals surface area contributed by atoms with Gasteiger partial charge in [-0.05, 0) is 12.5 Å². The van der Waals surface area contributed by atoms with E-state index in [1.807, 2.05) is 0 Å². The number of pyridine rings is 1. The largest absolute Gasteiger partial charge is 0.481 e. The molecule has 2 aromatic rings. The lowest BCUT2D eigenvalue weighted by Gasteiger charge is -2.21. The Kier molecular flexibility index (Phi) is 7.62. The third-order valence-electron chi connectivity index (χ3n) is 5.05. The maximum Gasteiger partial charge on any atom is 0.226 e. The van der Waals surface area contributed by atoms with Gasteiger partial charge in [0.1, 0.15) is 17.1 Å². The molecule has 0 amide bonds. The summed E-state index contributed by atoms with van der Waals surface area (Å²) >= 11 is 6.49. The van der Waals surface area contributed by atoms with E-state index in [2.05, 4.69) is 25.6 Å². The maximum atomic E-state index is 10.4. The minimum absolute atomic E-state index is 0.186. The molecule has 0 bridgehead atoms. The van der Waals surface area contributed by atoms with Gasteiger partial charge >= 0.3 is 0 Å². The lowest BCUT2D eigenvalue weighted by Crippen LogP contribution is -2.35. The molecule has 1 fully saturated rings. The zero-order valence-electron chi connectivity index (χ0n) is 16.7. The zero-order chi connectivity index (χ0) is 21.7. The van der Waals surface area contributed by atoms with Gasteiger partial charge in [-0.2, -0.15) is 4.98 Å². The van der Waals surface area contributed by atoms with E-state index >= 15 is 0 Å². The molecule has 0 spiro atoms. The van der Waals surface area contributed by atoms with Crippen molar-refractivity contribution in [1.82, 2.24) is 15.0 Å². The van der Waals surface area contributed by atoms with Crippen LogP contribution in [0.15, 0.2) is 18.3 Å². The molecular formula is C19H26ClN5O5. The minimum atomic E-state index is -1.07. The van der Waals surface area contributed by atoms with Gasteiger partial charge in [-0.25, -0.2) is 9.97 Å². The van der Waals surface area contributed by atoms with Gasteiger partial charge in [0.25, 0.3) is 0 Å². The topological polar surface area (TPSA) is 142 Å². The van der Waals surface area contributed by atoms with Crippen LogP contribution < -0.4 is 15.4 Å². The van der Waals surface area contributed by atoms with E-state index in [4.69, 9.17) is 21.1 Å². The lowest BCUT2D eigenvalue weighted by atomic mass is 10.1. The molecule has 11 heteroatoms. The van der Waals surface area contributed by atoms with Crippen LogP contribution in [0, 0.1) is 5.92 Å². The highest BCUT2D eigenvalue weighted by Crippen LogP contribution is 2.36. The van der Waals surface area contributed by atoms with Crippen LogP contribution in [0.1, 0.15) is 6.42 Å². The van der Waals surface area contributed by atoms with Gasteiger partial charge < -0.3 is 35.4 Å². The number of aliphatic hydroxyl groups is 3. The number of aliphatic hydroxyl groups excluding tert-OH is 3. The summed E-state index contributed by atoms with van der Waals surface area (Å²) in [4.78, 5) is 13.0. The van der Waals surface area contributed by atoms with E-state index in [0.717, 1.165) is 0 Å². The number of nitrogens with one attached hydrogen (secondary N) is 2. The summed E-state index contributed by atoms with van der Waals surface area (Å²) in [6.07, 6.45) is -0.145. The highest BCUT2D eigenvalue weighted by Gasteiger charge is 2.41. The second-order valence-electron chi connectivity index (χ2n) is 6.98. The third kappa shape index (κ3) is 4.90. The quantitative estimate of drug-likeness (QED) is 0.281. The highest BCUT2D eigenvalue weighted by atomic mass is 35.5. The summed E-state index contributed by atoms with van der Waals surface area (Å²) in [6, 6.07) is 2.94. The Balaban J connectivity index is 1.96. The molecule has 10 nitrogen and oxygen atoms in total. The molecule has 0 radical (unpaired) electrons. The van der Waals surface area contributed by atoms with Crippen molar-refractivity contribution in [2.24, 2.45) is 5.92 Å². The van der Waals surface area contributed by atoms with E-state index < -0.39 is 24.2 Å². The van der Waals surface area contributed by atoms with Crippen molar-refractivity contribution in [3.63, 3.8) is 0 Å². The summed E-state index contributed by atoms with van der Waals surface area (Å²) in [5.74, 6) is 0.678. The molecule has 1 saturated carbocycles. The number of halogens is 1. The number of aromatic nitrogens is 3. The van der Waals surface area contributed by atoms with Crippen LogP contribution in [0.2, 0.25) is 5.15 Å². The number of methoxy groups -OCH3 is 2. The number of hydrogen-bond acceptors (Lipinski definition) is 10. The number of hydrogen-bond donors (Lipinski definition) is 5. The predicted octanol–water partition coefficient (Wildman–Crippen LogP) is 0.773. The highest BCUT2D eigenvalue weighted by molar-refractivity contribution is 6.32. The minimum Gasteiger partial charge on any atom is -0.481 e. The van der Waals surface area contributed by atoms with Gasteiger partial charge in [0, 0.05) is 44.0 Å². The number of anilines is 2. The fourth-order valence-corrected chi connectivity index (χ4v) is 3.69. The normalized spacial score (nSPS) is 23.4. The maximum absolute atomic E-state index is 10.4. The molecule has 0 aliphatic heterocycles. The van der Waals surface area contributed by atoms with Crippen LogP contribution >= 0.6 is 11.6 Å². The Bertz CT molecular complexity index is 841. The average Bonchev–Trinajstić information content (AvgIpc) is 3.02. The van der Waals surface area contributed by atoms with E-state index in [0.29, 0.717) is 42.4 Å². The molecule has 4 atom stereocenters. The van der Waals surface area contributed by atoms with Crippen LogP contribution in [0.25, 0.3) is 11.1 Å². The molecule has 3 rings (SSSR count). The van der Waals surface area contributed by atoms with Gasteiger partial charge in [-0.3, -0.25) is 0 Å². The molecule has 30 heavy (non-hydrogen) atoms. The summed E-state index contributed by atoms with van der Waals surface area (Å²) in [6.45, 7) is 0.715. The van der Waals surface area contributed by atoms with E-state index in [9.17, 15) is 15.3 Å². The predicted molar refractivity (Wildman–Crippen MR) is 112 cm³/mol. The van der Waals surface area contributed by atoms with Crippen LogP contribution in [0.5, 0.6) is 5.88 Å². The van der Waals surface area contributed by atoms with Gasteiger partial charge in [0.15, 0.2) is 0 Å². The molecule has 0 unspecified atom stereocenters. The smallest absolute Gasteiger partial charge is 0.226 e. The van der Waals surface area contributed by atoms with E-state index in [1.54, 1.807) is 25.4 Å². The SMILES string of the molecule is COCCNc1nc(Cl)c(-c2ccc(OC)nc2)c(N[C@@H]2C[C@H](CO)[C@@H](O)[C@H]2O)n1. The Morgan fingerprint density at radius 1 is 1.20 bits per heavy atom. The van der Waals surface area contributed by atoms with Gasteiger partial charge in [0.2, 0.25) is 11.8 Å². The Morgan fingerprint density at radius 3 is 2.60 bits per heavy atom. The van der Waals surface area contributed by atoms with Gasteiger partial charge in [0.05, 0.1) is 31.4 Å². The number of ether oxygens (including phenoxy) is 2. The fourth-order valence-electron chi connectivity index (χ4n) is 3.41. The van der Waals surface area contributed by atoms with Crippen molar-refractivity contribution < 1.29 is 24.8 Å². The third-order valence-corrected chi connectivity index (χ3v) is 5.32. The average molecular weight is 440 g/mol. The molecule has 2 heterocycles. The molecule has 1 aliphatic carbocycles. The summed E-state index contributed by atoms with van der Waals surface area (Å²) in [5.41, 5.74) is 1.15. The first-order chi connectivity index (χ1) is 14.5. The van der Waals surface area contributed by atoms with Crippen LogP contribution in [0.3, 0.4) is 0 Å². The number of nitrogens with zero attached hydrogens (tertiary/aromatic N) is 3. The van der Waals surface area contributed by atoms with Crippen LogP contribution in [-0.4, -0.2) is 82.5 Å². The van der Waals surface area contributed by atoms with E-state index in [-0.39, 0.29) is 17.7 Å². The Hall–Kier alpha value is -2.24. The van der Waals surface area contributed by atoms with E-state index in [1.165, 1.54) is 7.11 Å². The Morgan fingerprint density at radius 2 is 2.00 bits per heavy atom. The van der Waals surface area contributed by atoms with Crippen LogP contribution in [0.4, 0.5) is 11.8 Å². The lowest BCUT2D eigenvalue weighted by molar-refractivity contribution is 0.00446. The monoisotopic (exact) mass is 439 g/mol. The molecule has 0 aromatic carbocycles. The first kappa shape index (κ1) is 22.4. The summed E-state index contributed by atoms with van der Waals surface area (Å²) < 4.78 is 10.1. The molecular weight excluding hydrogens is 414 g/mol. The molecule has 0 saturated heterocycles. The second kappa shape index (κ2) is 10.2. The van der Waals surface area contributed by atoms with Crippen molar-refractivity contribution >= 4 is 23.4 Å². The van der Waals surface area contributed by atoms with Crippen molar-refractivity contribution in [2.45, 2.75) is 24.7 Å². The Labute approximate surface area is 179 Å². The first-order valence-corrected chi connectivity index (χ1v) is 9.90. The van der Waals surface area contributed by atoms with Gasteiger partial charge in [-0.1, -0.05) is 11.6 Å². The second-order valence-corrected chi connectivity index (χ2v) is 7.34. The molecule has 1 aliphatic rings. The summed E-state index contributed by atoms with van der Waals surface area (Å²) in [7, 11) is 3.11. The van der Waals surface area contributed by atoms with Crippen molar-refractivity contribution in [1.29, 1.82) is 0 Å². The van der Waals surface area contributed by atoms with Crippen LogP contribution in [-0.2, 0) is 4.74 Å². The van der Waals surface area contributed by atoms with Gasteiger partial charge in [-0.15, -0.1) is 0 Å². The standard InChI is InChI=1S/C19H26ClN5O5/c1-29-6-5-21-19-24-17(20)14(10-3-4-13(30-2)22-8-10)18(25-19)23-12-7-11(9-26)15(27)16(12)28/h3-4,8,11-12,15-16,26-28H,5-7,9H2,1-2H3,(H2,21,23,24,25)/t11-,12-,15-,16+/m1/s1. The number of rotatable bonds is 9. The van der Waals surface area contributed by atoms with Crippen molar-refractivity contribution in [2.75, 3.05) is 44.6 Å². The van der Waals surface area contributed by atoms with Crippen molar-refractivity contribution in [3.8, 4) is 17.0 Å². The molecule has 2 aromatic heterocycles. The fraction of sp³-hybridized carbons (Fsp3) is 0.526. The summed E-state index contributed by atoms with van der Waals surface area (Å²) in [5, 5.41) is 36.4. The first-order valence-electron chi connectivity index (χ1n) is 9.52. The van der Waals surface area contributed by atoms with Crippen molar-refractivity contribution in [3.05, 3.63) is 23.5 Å². The zero-order valence-corrected chi connectivity index (χ0v) is 17.5. The molecule has 5 N–H and O–H groups in total. The molecule has 164 valence electrons.